The van der Waals surface area contributed by atoms with Gasteiger partial charge in [-0.3, -0.25) is 9.59 Å². The van der Waals surface area contributed by atoms with Crippen molar-refractivity contribution in [1.82, 2.24) is 0 Å². The molecule has 0 aliphatic heterocycles. The quantitative estimate of drug-likeness (QED) is 0.722. The van der Waals surface area contributed by atoms with Crippen molar-refractivity contribution in [3.63, 3.8) is 0 Å². The van der Waals surface area contributed by atoms with E-state index in [4.69, 9.17) is 4.74 Å². The second-order valence-corrected chi connectivity index (χ2v) is 9.61. The van der Waals surface area contributed by atoms with E-state index in [1.54, 1.807) is 7.11 Å². The standard InChI is InChI=1S/C22H28O3/c1-11-9-12-14-5-6-17(23)21(14,2)8-7-15(12)22(3)16-10-13(16)19(24)20(25-4)18(11)22/h12-16H,1,5-10H2,2-4H3/t12-,13-,14-,15-,16?,21-,22-/m0/s1. The fourth-order valence-corrected chi connectivity index (χ4v) is 7.55. The van der Waals surface area contributed by atoms with Crippen molar-refractivity contribution in [3.05, 3.63) is 23.5 Å². The molecular formula is C22H28O3. The Morgan fingerprint density at radius 3 is 2.60 bits per heavy atom. The van der Waals surface area contributed by atoms with Crippen LogP contribution in [0.15, 0.2) is 23.5 Å². The number of allylic oxidation sites excluding steroid dienone is 2. The highest BCUT2D eigenvalue weighted by molar-refractivity contribution is 6.00. The van der Waals surface area contributed by atoms with Crippen molar-refractivity contribution in [2.24, 2.45) is 40.4 Å². The summed E-state index contributed by atoms with van der Waals surface area (Å²) in [6, 6.07) is 0. The van der Waals surface area contributed by atoms with E-state index >= 15 is 0 Å². The van der Waals surface area contributed by atoms with E-state index < -0.39 is 0 Å². The summed E-state index contributed by atoms with van der Waals surface area (Å²) in [5.41, 5.74) is 2.13. The highest BCUT2D eigenvalue weighted by atomic mass is 16.5. The Balaban J connectivity index is 1.64. The maximum atomic E-state index is 12.7. The number of ether oxygens (including phenoxy) is 1. The van der Waals surface area contributed by atoms with Gasteiger partial charge in [0.05, 0.1) is 7.11 Å². The summed E-state index contributed by atoms with van der Waals surface area (Å²) in [7, 11) is 1.64. The molecule has 5 aliphatic rings. The molecule has 1 unspecified atom stereocenters. The Morgan fingerprint density at radius 1 is 1.12 bits per heavy atom. The van der Waals surface area contributed by atoms with Crippen molar-refractivity contribution < 1.29 is 14.3 Å². The van der Waals surface area contributed by atoms with Gasteiger partial charge in [-0.2, -0.15) is 0 Å². The van der Waals surface area contributed by atoms with Gasteiger partial charge in [-0.05, 0) is 61.3 Å². The molecular weight excluding hydrogens is 312 g/mol. The lowest BCUT2D eigenvalue weighted by atomic mass is 9.46. The number of rotatable bonds is 1. The van der Waals surface area contributed by atoms with E-state index in [0.29, 0.717) is 35.2 Å². The van der Waals surface area contributed by atoms with Crippen LogP contribution in [0.1, 0.15) is 52.4 Å². The highest BCUT2D eigenvalue weighted by Gasteiger charge is 2.68. The van der Waals surface area contributed by atoms with Gasteiger partial charge in [-0.15, -0.1) is 0 Å². The van der Waals surface area contributed by atoms with E-state index in [0.717, 1.165) is 49.7 Å². The largest absolute Gasteiger partial charge is 0.493 e. The summed E-state index contributed by atoms with van der Waals surface area (Å²) < 4.78 is 5.62. The van der Waals surface area contributed by atoms with Crippen molar-refractivity contribution in [2.75, 3.05) is 7.11 Å². The first kappa shape index (κ1) is 15.8. The van der Waals surface area contributed by atoms with Crippen molar-refractivity contribution in [3.8, 4) is 0 Å². The lowest BCUT2D eigenvalue weighted by Crippen LogP contribution is -2.52. The van der Waals surface area contributed by atoms with E-state index in [1.165, 1.54) is 0 Å². The summed E-state index contributed by atoms with van der Waals surface area (Å²) >= 11 is 0. The maximum Gasteiger partial charge on any atom is 0.201 e. The smallest absolute Gasteiger partial charge is 0.201 e. The number of carbonyl (C=O) groups is 2. The fourth-order valence-electron chi connectivity index (χ4n) is 7.55. The van der Waals surface area contributed by atoms with Gasteiger partial charge in [0.1, 0.15) is 5.78 Å². The number of methoxy groups -OCH3 is 1. The van der Waals surface area contributed by atoms with Gasteiger partial charge in [-0.1, -0.05) is 20.4 Å². The third-order valence-electron chi connectivity index (χ3n) is 8.84. The molecule has 0 heterocycles. The van der Waals surface area contributed by atoms with Crippen LogP contribution in [0, 0.1) is 40.4 Å². The summed E-state index contributed by atoms with van der Waals surface area (Å²) in [5, 5.41) is 0. The first-order chi connectivity index (χ1) is 11.8. The molecule has 134 valence electrons. The second-order valence-electron chi connectivity index (χ2n) is 9.61. The number of ketones is 2. The minimum atomic E-state index is -0.115. The Morgan fingerprint density at radius 2 is 1.88 bits per heavy atom. The van der Waals surface area contributed by atoms with Gasteiger partial charge in [0.2, 0.25) is 5.78 Å². The van der Waals surface area contributed by atoms with Crippen LogP contribution in [0.2, 0.25) is 0 Å². The Kier molecular flexibility index (Phi) is 2.95. The van der Waals surface area contributed by atoms with Crippen molar-refractivity contribution in [1.29, 1.82) is 0 Å². The third kappa shape index (κ3) is 1.68. The molecule has 0 aromatic heterocycles. The van der Waals surface area contributed by atoms with Crippen LogP contribution in [0.4, 0.5) is 0 Å². The Labute approximate surface area is 149 Å². The normalized spacial score (nSPS) is 50.8. The van der Waals surface area contributed by atoms with Gasteiger partial charge in [0.15, 0.2) is 5.76 Å². The SMILES string of the molecule is C=C1C[C@H]2[C@@H]3CCC(=O)[C@@]3(C)CC[C@@H]2[C@]2(C)C1=C(OC)C(=O)[C@H]1CC12. The van der Waals surface area contributed by atoms with E-state index in [2.05, 4.69) is 20.4 Å². The number of fused-ring (bicyclic) bond motifs is 7. The first-order valence-corrected chi connectivity index (χ1v) is 9.88. The van der Waals surface area contributed by atoms with Gasteiger partial charge in [0, 0.05) is 28.7 Å². The highest BCUT2D eigenvalue weighted by Crippen LogP contribution is 2.72. The molecule has 0 saturated heterocycles. The van der Waals surface area contributed by atoms with Gasteiger partial charge in [0.25, 0.3) is 0 Å². The van der Waals surface area contributed by atoms with Crippen LogP contribution in [0.25, 0.3) is 0 Å². The second kappa shape index (κ2) is 4.66. The predicted octanol–water partition coefficient (Wildman–Crippen LogP) is 4.08. The molecule has 0 aromatic rings. The topological polar surface area (TPSA) is 43.4 Å². The molecule has 4 fully saturated rings. The molecule has 5 aliphatic carbocycles. The zero-order chi connectivity index (χ0) is 17.7. The third-order valence-corrected chi connectivity index (χ3v) is 8.84. The zero-order valence-electron chi connectivity index (χ0n) is 15.6. The number of hydrogen-bond acceptors (Lipinski definition) is 3. The van der Waals surface area contributed by atoms with Crippen LogP contribution in [0.3, 0.4) is 0 Å². The van der Waals surface area contributed by atoms with Crippen LogP contribution < -0.4 is 0 Å². The molecule has 3 heteroatoms. The lowest BCUT2D eigenvalue weighted by Gasteiger charge is -2.57. The molecule has 7 atom stereocenters. The molecule has 5 rings (SSSR count). The monoisotopic (exact) mass is 340 g/mol. The van der Waals surface area contributed by atoms with E-state index in [9.17, 15) is 9.59 Å². The molecule has 25 heavy (non-hydrogen) atoms. The predicted molar refractivity (Wildman–Crippen MR) is 94.6 cm³/mol. The average Bonchev–Trinajstić information content (AvgIpc) is 3.32. The summed E-state index contributed by atoms with van der Waals surface area (Å²) in [6.45, 7) is 8.99. The van der Waals surface area contributed by atoms with Crippen molar-refractivity contribution in [2.45, 2.75) is 52.4 Å². The molecule has 0 N–H and O–H groups in total. The minimum absolute atomic E-state index is 0.0108. The number of carbonyl (C=O) groups excluding carboxylic acids is 2. The molecule has 3 nitrogen and oxygen atoms in total. The number of hydrogen-bond donors (Lipinski definition) is 0. The Bertz CT molecular complexity index is 746. The van der Waals surface area contributed by atoms with Crippen LogP contribution in [-0.4, -0.2) is 18.7 Å². The van der Waals surface area contributed by atoms with E-state index in [1.807, 2.05) is 0 Å². The Hall–Kier alpha value is -1.38. The minimum Gasteiger partial charge on any atom is -0.493 e. The van der Waals surface area contributed by atoms with E-state index in [-0.39, 0.29) is 22.5 Å². The fraction of sp³-hybridized carbons (Fsp3) is 0.727. The summed E-state index contributed by atoms with van der Waals surface area (Å²) in [5.74, 6) is 3.50. The molecule has 0 aromatic carbocycles. The number of Topliss-reactive ketones (excluding diaryl/α,β-unsaturated/α-hetero) is 2. The zero-order valence-corrected chi connectivity index (χ0v) is 15.6. The van der Waals surface area contributed by atoms with Crippen LogP contribution in [-0.2, 0) is 14.3 Å². The molecule has 4 saturated carbocycles. The van der Waals surface area contributed by atoms with Crippen LogP contribution in [0.5, 0.6) is 0 Å². The average molecular weight is 340 g/mol. The van der Waals surface area contributed by atoms with Gasteiger partial charge >= 0.3 is 0 Å². The molecule has 0 spiro atoms. The lowest BCUT2D eigenvalue weighted by molar-refractivity contribution is -0.132. The maximum absolute atomic E-state index is 12.7. The molecule has 0 amide bonds. The first-order valence-electron chi connectivity index (χ1n) is 9.88. The molecule has 0 radical (unpaired) electrons. The summed E-state index contributed by atoms with van der Waals surface area (Å²) in [4.78, 5) is 25.3. The van der Waals surface area contributed by atoms with Gasteiger partial charge < -0.3 is 4.74 Å². The van der Waals surface area contributed by atoms with Crippen molar-refractivity contribution >= 4 is 11.6 Å². The molecule has 0 bridgehead atoms. The van der Waals surface area contributed by atoms with Crippen LogP contribution >= 0.6 is 0 Å². The summed E-state index contributed by atoms with van der Waals surface area (Å²) in [6.07, 6.45) is 5.85. The van der Waals surface area contributed by atoms with Gasteiger partial charge in [-0.25, -0.2) is 0 Å².